The van der Waals surface area contributed by atoms with E-state index in [0.717, 1.165) is 0 Å². The number of amides is 1. The Kier molecular flexibility index (Phi) is 5.34. The maximum Gasteiger partial charge on any atom is 0.255 e. The summed E-state index contributed by atoms with van der Waals surface area (Å²) in [6, 6.07) is 9.67. The Balaban J connectivity index is 2.20. The summed E-state index contributed by atoms with van der Waals surface area (Å²) in [6.07, 6.45) is 0. The molecule has 6 heteroatoms. The molecular formula is C15H12Cl3NO2. The quantitative estimate of drug-likeness (QED) is 0.817. The van der Waals surface area contributed by atoms with E-state index in [1.54, 1.807) is 36.4 Å². The van der Waals surface area contributed by atoms with Crippen LogP contribution in [0.25, 0.3) is 0 Å². The van der Waals surface area contributed by atoms with Gasteiger partial charge in [-0.3, -0.25) is 4.79 Å². The van der Waals surface area contributed by atoms with Crippen molar-refractivity contribution in [2.45, 2.75) is 6.92 Å². The number of benzene rings is 2. The lowest BCUT2D eigenvalue weighted by Gasteiger charge is -2.10. The summed E-state index contributed by atoms with van der Waals surface area (Å²) in [5, 5.41) is 3.96. The van der Waals surface area contributed by atoms with Crippen molar-refractivity contribution in [3.63, 3.8) is 0 Å². The van der Waals surface area contributed by atoms with E-state index < -0.39 is 0 Å². The SMILES string of the molecule is CCOc1ccc(C(=O)Nc2cc(Cl)ccc2Cl)cc1Cl. The summed E-state index contributed by atoms with van der Waals surface area (Å²) in [4.78, 5) is 12.2. The smallest absolute Gasteiger partial charge is 0.255 e. The molecule has 0 heterocycles. The van der Waals surface area contributed by atoms with Crippen molar-refractivity contribution >= 4 is 46.4 Å². The highest BCUT2D eigenvalue weighted by Gasteiger charge is 2.11. The minimum atomic E-state index is -0.330. The molecule has 2 aromatic carbocycles. The van der Waals surface area contributed by atoms with Gasteiger partial charge in [0.2, 0.25) is 0 Å². The molecule has 1 N–H and O–H groups in total. The first-order valence-electron chi connectivity index (χ1n) is 6.20. The van der Waals surface area contributed by atoms with Crippen LogP contribution in [0.2, 0.25) is 15.1 Å². The summed E-state index contributed by atoms with van der Waals surface area (Å²) < 4.78 is 5.32. The van der Waals surface area contributed by atoms with Crippen LogP contribution in [0.4, 0.5) is 5.69 Å². The van der Waals surface area contributed by atoms with Crippen LogP contribution in [0.3, 0.4) is 0 Å². The summed E-state index contributed by atoms with van der Waals surface area (Å²) >= 11 is 17.9. The van der Waals surface area contributed by atoms with E-state index in [2.05, 4.69) is 5.32 Å². The van der Waals surface area contributed by atoms with Gasteiger partial charge in [-0.25, -0.2) is 0 Å². The van der Waals surface area contributed by atoms with E-state index in [1.807, 2.05) is 6.92 Å². The zero-order valence-electron chi connectivity index (χ0n) is 11.1. The van der Waals surface area contributed by atoms with Crippen molar-refractivity contribution in [1.29, 1.82) is 0 Å². The summed E-state index contributed by atoms with van der Waals surface area (Å²) in [5.74, 6) is 0.209. The third kappa shape index (κ3) is 4.03. The number of nitrogens with one attached hydrogen (secondary N) is 1. The second-order valence-electron chi connectivity index (χ2n) is 4.16. The molecule has 0 aliphatic heterocycles. The maximum absolute atomic E-state index is 12.2. The van der Waals surface area contributed by atoms with Crippen molar-refractivity contribution in [2.24, 2.45) is 0 Å². The number of carbonyl (C=O) groups is 1. The number of carbonyl (C=O) groups excluding carboxylic acids is 1. The number of hydrogen-bond acceptors (Lipinski definition) is 2. The number of anilines is 1. The Morgan fingerprint density at radius 2 is 1.86 bits per heavy atom. The van der Waals surface area contributed by atoms with Crippen molar-refractivity contribution in [2.75, 3.05) is 11.9 Å². The first-order chi connectivity index (χ1) is 10.0. The topological polar surface area (TPSA) is 38.3 Å². The van der Waals surface area contributed by atoms with Gasteiger partial charge in [-0.2, -0.15) is 0 Å². The fraction of sp³-hybridized carbons (Fsp3) is 0.133. The normalized spacial score (nSPS) is 10.3. The lowest BCUT2D eigenvalue weighted by Crippen LogP contribution is -2.12. The first-order valence-corrected chi connectivity index (χ1v) is 7.33. The van der Waals surface area contributed by atoms with Gasteiger partial charge >= 0.3 is 0 Å². The molecule has 1 amide bonds. The van der Waals surface area contributed by atoms with Gasteiger partial charge in [0.1, 0.15) is 5.75 Å². The number of hydrogen-bond donors (Lipinski definition) is 1. The summed E-state index contributed by atoms with van der Waals surface area (Å²) in [6.45, 7) is 2.36. The van der Waals surface area contributed by atoms with E-state index in [9.17, 15) is 4.79 Å². The molecule has 0 unspecified atom stereocenters. The third-order valence-corrected chi connectivity index (χ3v) is 3.53. The number of halogens is 3. The molecule has 110 valence electrons. The largest absolute Gasteiger partial charge is 0.492 e. The summed E-state index contributed by atoms with van der Waals surface area (Å²) in [5.41, 5.74) is 0.846. The number of rotatable bonds is 4. The Bertz CT molecular complexity index is 674. The van der Waals surface area contributed by atoms with Gasteiger partial charge < -0.3 is 10.1 Å². The predicted molar refractivity (Wildman–Crippen MR) is 87.0 cm³/mol. The Morgan fingerprint density at radius 3 is 2.52 bits per heavy atom. The minimum absolute atomic E-state index is 0.330. The highest BCUT2D eigenvalue weighted by molar-refractivity contribution is 6.36. The van der Waals surface area contributed by atoms with Crippen LogP contribution in [0, 0.1) is 0 Å². The molecule has 3 nitrogen and oxygen atoms in total. The summed E-state index contributed by atoms with van der Waals surface area (Å²) in [7, 11) is 0. The van der Waals surface area contributed by atoms with E-state index in [4.69, 9.17) is 39.5 Å². The van der Waals surface area contributed by atoms with Crippen LogP contribution >= 0.6 is 34.8 Å². The van der Waals surface area contributed by atoms with Crippen molar-refractivity contribution in [3.05, 3.63) is 57.0 Å². The zero-order chi connectivity index (χ0) is 15.4. The van der Waals surface area contributed by atoms with Crippen LogP contribution in [0.1, 0.15) is 17.3 Å². The lowest BCUT2D eigenvalue weighted by atomic mass is 10.2. The third-order valence-electron chi connectivity index (χ3n) is 2.67. The molecule has 0 atom stereocenters. The molecule has 21 heavy (non-hydrogen) atoms. The van der Waals surface area contributed by atoms with E-state index in [-0.39, 0.29) is 5.91 Å². The molecule has 0 spiro atoms. The molecule has 0 fully saturated rings. The second-order valence-corrected chi connectivity index (χ2v) is 5.41. The Morgan fingerprint density at radius 1 is 1.10 bits per heavy atom. The molecule has 0 aromatic heterocycles. The minimum Gasteiger partial charge on any atom is -0.492 e. The van der Waals surface area contributed by atoms with Crippen LogP contribution in [0.5, 0.6) is 5.75 Å². The standard InChI is InChI=1S/C15H12Cl3NO2/c1-2-21-14-6-3-9(7-12(14)18)15(20)19-13-8-10(16)4-5-11(13)17/h3-8H,2H2,1H3,(H,19,20). The van der Waals surface area contributed by atoms with Gasteiger partial charge in [0.05, 0.1) is 22.3 Å². The van der Waals surface area contributed by atoms with E-state index >= 15 is 0 Å². The lowest BCUT2D eigenvalue weighted by molar-refractivity contribution is 0.102. The number of ether oxygens (including phenoxy) is 1. The van der Waals surface area contributed by atoms with Gasteiger partial charge in [0, 0.05) is 10.6 Å². The average molecular weight is 345 g/mol. The molecule has 0 aliphatic carbocycles. The van der Waals surface area contributed by atoms with E-state index in [0.29, 0.717) is 38.7 Å². The Labute approximate surface area is 137 Å². The average Bonchev–Trinajstić information content (AvgIpc) is 2.45. The molecule has 0 bridgehead atoms. The first kappa shape index (κ1) is 16.0. The Hall–Kier alpha value is -1.42. The van der Waals surface area contributed by atoms with Gasteiger partial charge in [-0.1, -0.05) is 34.8 Å². The molecule has 0 saturated carbocycles. The zero-order valence-corrected chi connectivity index (χ0v) is 13.4. The van der Waals surface area contributed by atoms with Gasteiger partial charge in [0.15, 0.2) is 0 Å². The van der Waals surface area contributed by atoms with Crippen LogP contribution < -0.4 is 10.1 Å². The van der Waals surface area contributed by atoms with Crippen LogP contribution in [-0.2, 0) is 0 Å². The van der Waals surface area contributed by atoms with Crippen molar-refractivity contribution < 1.29 is 9.53 Å². The van der Waals surface area contributed by atoms with Gasteiger partial charge in [-0.05, 0) is 43.3 Å². The van der Waals surface area contributed by atoms with Crippen LogP contribution in [0.15, 0.2) is 36.4 Å². The highest BCUT2D eigenvalue weighted by atomic mass is 35.5. The second kappa shape index (κ2) is 7.03. The molecule has 2 rings (SSSR count). The van der Waals surface area contributed by atoms with Gasteiger partial charge in [0.25, 0.3) is 5.91 Å². The monoisotopic (exact) mass is 343 g/mol. The molecule has 2 aromatic rings. The molecular weight excluding hydrogens is 333 g/mol. The van der Waals surface area contributed by atoms with E-state index in [1.165, 1.54) is 0 Å². The predicted octanol–water partition coefficient (Wildman–Crippen LogP) is 5.30. The fourth-order valence-electron chi connectivity index (χ4n) is 1.70. The van der Waals surface area contributed by atoms with Crippen LogP contribution in [-0.4, -0.2) is 12.5 Å². The van der Waals surface area contributed by atoms with Gasteiger partial charge in [-0.15, -0.1) is 0 Å². The molecule has 0 aliphatic rings. The van der Waals surface area contributed by atoms with Crippen molar-refractivity contribution in [3.8, 4) is 5.75 Å². The fourth-order valence-corrected chi connectivity index (χ4v) is 2.27. The van der Waals surface area contributed by atoms with Crippen molar-refractivity contribution in [1.82, 2.24) is 0 Å². The highest BCUT2D eigenvalue weighted by Crippen LogP contribution is 2.28. The molecule has 0 saturated heterocycles. The maximum atomic E-state index is 12.2. The molecule has 0 radical (unpaired) electrons.